The summed E-state index contributed by atoms with van der Waals surface area (Å²) in [6.07, 6.45) is 3.70. The number of rotatable bonds is 7. The Bertz CT molecular complexity index is 856. The molecule has 2 aromatic heterocycles. The van der Waals surface area contributed by atoms with Gasteiger partial charge in [-0.05, 0) is 42.0 Å². The van der Waals surface area contributed by atoms with E-state index in [2.05, 4.69) is 49.3 Å². The number of carbonyl (C=O) groups excluding carboxylic acids is 1. The number of aryl methyl sites for hydroxylation is 1. The van der Waals surface area contributed by atoms with Crippen LogP contribution >= 0.6 is 23.1 Å². The fraction of sp³-hybridized carbons (Fsp3) is 0.300. The molecule has 1 unspecified atom stereocenters. The Kier molecular flexibility index (Phi) is 6.16. The third kappa shape index (κ3) is 4.56. The molecule has 4 nitrogen and oxygen atoms in total. The van der Waals surface area contributed by atoms with E-state index in [1.807, 2.05) is 34.3 Å². The van der Waals surface area contributed by atoms with Crippen molar-refractivity contribution in [3.63, 3.8) is 0 Å². The molecule has 1 amide bonds. The molecule has 0 bridgehead atoms. The minimum absolute atomic E-state index is 0.0286. The first-order valence-electron chi connectivity index (χ1n) is 8.60. The van der Waals surface area contributed by atoms with E-state index in [0.29, 0.717) is 11.7 Å². The Morgan fingerprint density at radius 3 is 2.85 bits per heavy atom. The first kappa shape index (κ1) is 18.7. The van der Waals surface area contributed by atoms with Gasteiger partial charge in [-0.3, -0.25) is 9.36 Å². The van der Waals surface area contributed by atoms with E-state index in [9.17, 15) is 4.79 Å². The van der Waals surface area contributed by atoms with Gasteiger partial charge in [-0.25, -0.2) is 4.98 Å². The number of nitrogens with zero attached hydrogens (tertiary/aromatic N) is 2. The van der Waals surface area contributed by atoms with Crippen molar-refractivity contribution < 1.29 is 4.79 Å². The van der Waals surface area contributed by atoms with Gasteiger partial charge in [0.2, 0.25) is 5.91 Å². The first-order chi connectivity index (χ1) is 12.5. The molecule has 136 valence electrons. The van der Waals surface area contributed by atoms with Gasteiger partial charge in [-0.2, -0.15) is 0 Å². The first-order valence-corrected chi connectivity index (χ1v) is 10.5. The Morgan fingerprint density at radius 1 is 1.31 bits per heavy atom. The maximum Gasteiger partial charge on any atom is 0.230 e. The van der Waals surface area contributed by atoms with Crippen molar-refractivity contribution >= 4 is 29.0 Å². The lowest BCUT2D eigenvalue weighted by molar-refractivity contribution is -0.119. The number of nitrogens with one attached hydrogen (secondary N) is 1. The number of benzene rings is 1. The molecule has 1 atom stereocenters. The Hall–Kier alpha value is -2.05. The Balaban J connectivity index is 1.64. The van der Waals surface area contributed by atoms with Gasteiger partial charge in [0.1, 0.15) is 0 Å². The van der Waals surface area contributed by atoms with Crippen LogP contribution in [0, 0.1) is 12.8 Å². The van der Waals surface area contributed by atoms with Gasteiger partial charge < -0.3 is 5.32 Å². The van der Waals surface area contributed by atoms with Crippen LogP contribution in [0.2, 0.25) is 0 Å². The van der Waals surface area contributed by atoms with Crippen molar-refractivity contribution in [2.45, 2.75) is 32.0 Å². The van der Waals surface area contributed by atoms with Gasteiger partial charge in [0.25, 0.3) is 0 Å². The van der Waals surface area contributed by atoms with E-state index in [4.69, 9.17) is 0 Å². The second-order valence-corrected chi connectivity index (χ2v) is 8.43. The average molecular weight is 386 g/mol. The average Bonchev–Trinajstić information content (AvgIpc) is 3.29. The van der Waals surface area contributed by atoms with Gasteiger partial charge in [-0.1, -0.05) is 43.8 Å². The summed E-state index contributed by atoms with van der Waals surface area (Å²) in [4.78, 5) is 18.1. The third-order valence-corrected chi connectivity index (χ3v) is 5.97. The van der Waals surface area contributed by atoms with Crippen LogP contribution in [0.25, 0.3) is 5.69 Å². The van der Waals surface area contributed by atoms with Crippen molar-refractivity contribution in [1.29, 1.82) is 0 Å². The molecule has 0 aliphatic rings. The van der Waals surface area contributed by atoms with Crippen LogP contribution in [0.1, 0.15) is 30.3 Å². The summed E-state index contributed by atoms with van der Waals surface area (Å²) in [6.45, 7) is 6.32. The lowest BCUT2D eigenvalue weighted by Crippen LogP contribution is -2.32. The van der Waals surface area contributed by atoms with Crippen LogP contribution in [0.3, 0.4) is 0 Å². The Labute approximate surface area is 162 Å². The van der Waals surface area contributed by atoms with Crippen LogP contribution in [-0.4, -0.2) is 21.2 Å². The molecule has 3 rings (SSSR count). The van der Waals surface area contributed by atoms with Crippen molar-refractivity contribution in [2.24, 2.45) is 5.92 Å². The molecule has 0 aliphatic carbocycles. The highest BCUT2D eigenvalue weighted by Crippen LogP contribution is 2.26. The second kappa shape index (κ2) is 8.56. The number of aromatic nitrogens is 2. The smallest absolute Gasteiger partial charge is 0.230 e. The van der Waals surface area contributed by atoms with Crippen LogP contribution in [0.4, 0.5) is 0 Å². The molecular weight excluding hydrogens is 362 g/mol. The van der Waals surface area contributed by atoms with Crippen LogP contribution in [0.5, 0.6) is 0 Å². The molecule has 0 fully saturated rings. The predicted octanol–water partition coefficient (Wildman–Crippen LogP) is 4.85. The van der Waals surface area contributed by atoms with E-state index in [-0.39, 0.29) is 11.9 Å². The fourth-order valence-corrected chi connectivity index (χ4v) is 4.48. The second-order valence-electron chi connectivity index (χ2n) is 6.51. The molecule has 0 spiro atoms. The summed E-state index contributed by atoms with van der Waals surface area (Å²) >= 11 is 3.14. The zero-order valence-corrected chi connectivity index (χ0v) is 16.8. The molecule has 0 radical (unpaired) electrons. The Morgan fingerprint density at radius 2 is 2.15 bits per heavy atom. The minimum atomic E-state index is 0.0286. The third-order valence-electron chi connectivity index (χ3n) is 4.05. The normalized spacial score (nSPS) is 12.3. The van der Waals surface area contributed by atoms with E-state index >= 15 is 0 Å². The quantitative estimate of drug-likeness (QED) is 0.592. The molecule has 26 heavy (non-hydrogen) atoms. The van der Waals surface area contributed by atoms with E-state index in [1.165, 1.54) is 22.2 Å². The van der Waals surface area contributed by atoms with Crippen LogP contribution in [-0.2, 0) is 4.79 Å². The summed E-state index contributed by atoms with van der Waals surface area (Å²) in [5.74, 6) is 0.718. The maximum absolute atomic E-state index is 12.5. The molecule has 0 saturated heterocycles. The van der Waals surface area contributed by atoms with E-state index in [1.54, 1.807) is 17.5 Å². The molecule has 0 saturated carbocycles. The summed E-state index contributed by atoms with van der Waals surface area (Å²) < 4.78 is 2.02. The molecule has 2 heterocycles. The molecule has 6 heteroatoms. The van der Waals surface area contributed by atoms with E-state index in [0.717, 1.165) is 10.8 Å². The number of hydrogen-bond donors (Lipinski definition) is 1. The number of carbonyl (C=O) groups is 1. The van der Waals surface area contributed by atoms with E-state index < -0.39 is 0 Å². The largest absolute Gasteiger partial charge is 0.347 e. The predicted molar refractivity (Wildman–Crippen MR) is 109 cm³/mol. The summed E-state index contributed by atoms with van der Waals surface area (Å²) in [7, 11) is 0. The maximum atomic E-state index is 12.5. The minimum Gasteiger partial charge on any atom is -0.347 e. The van der Waals surface area contributed by atoms with Crippen LogP contribution in [0.15, 0.2) is 59.3 Å². The fourth-order valence-electron chi connectivity index (χ4n) is 2.75. The number of thioether (sulfide) groups is 1. The summed E-state index contributed by atoms with van der Waals surface area (Å²) in [5, 5.41) is 6.03. The molecule has 1 aromatic carbocycles. The SMILES string of the molecule is Cc1cccc(-n2ccnc2SCC(=O)NC(c2cccs2)C(C)C)c1. The zero-order chi connectivity index (χ0) is 18.5. The standard InChI is InChI=1S/C20H23N3OS2/c1-14(2)19(17-8-5-11-25-17)22-18(24)13-26-20-21-9-10-23(20)16-7-4-6-15(3)12-16/h4-12,14,19H,13H2,1-3H3,(H,22,24). The van der Waals surface area contributed by atoms with Crippen LogP contribution < -0.4 is 5.32 Å². The van der Waals surface area contributed by atoms with Gasteiger partial charge >= 0.3 is 0 Å². The molecule has 0 aliphatic heterocycles. The lowest BCUT2D eigenvalue weighted by atomic mass is 10.0. The number of hydrogen-bond acceptors (Lipinski definition) is 4. The molecule has 3 aromatic rings. The number of thiophene rings is 1. The summed E-state index contributed by atoms with van der Waals surface area (Å²) in [5.41, 5.74) is 2.25. The summed E-state index contributed by atoms with van der Waals surface area (Å²) in [6, 6.07) is 12.4. The highest BCUT2D eigenvalue weighted by atomic mass is 32.2. The van der Waals surface area contributed by atoms with Crippen molar-refractivity contribution in [3.05, 3.63) is 64.6 Å². The number of imidazole rings is 1. The van der Waals surface area contributed by atoms with Crippen molar-refractivity contribution in [1.82, 2.24) is 14.9 Å². The van der Waals surface area contributed by atoms with Gasteiger partial charge in [-0.15, -0.1) is 11.3 Å². The topological polar surface area (TPSA) is 46.9 Å². The van der Waals surface area contributed by atoms with Crippen molar-refractivity contribution in [3.8, 4) is 5.69 Å². The highest BCUT2D eigenvalue weighted by molar-refractivity contribution is 7.99. The zero-order valence-electron chi connectivity index (χ0n) is 15.2. The van der Waals surface area contributed by atoms with Gasteiger partial charge in [0.05, 0.1) is 11.8 Å². The van der Waals surface area contributed by atoms with Gasteiger partial charge in [0.15, 0.2) is 5.16 Å². The lowest BCUT2D eigenvalue weighted by Gasteiger charge is -2.21. The molecule has 1 N–H and O–H groups in total. The van der Waals surface area contributed by atoms with Gasteiger partial charge in [0, 0.05) is 23.0 Å². The van der Waals surface area contributed by atoms with Crippen molar-refractivity contribution in [2.75, 3.05) is 5.75 Å². The molecular formula is C20H23N3OS2. The highest BCUT2D eigenvalue weighted by Gasteiger charge is 2.19. The number of amides is 1. The monoisotopic (exact) mass is 385 g/mol.